The van der Waals surface area contributed by atoms with Gasteiger partial charge in [0.05, 0.1) is 6.61 Å². The summed E-state index contributed by atoms with van der Waals surface area (Å²) in [7, 11) is 0. The Morgan fingerprint density at radius 1 is 1.24 bits per heavy atom. The quantitative estimate of drug-likeness (QED) is 0.802. The molecule has 0 aliphatic carbocycles. The Morgan fingerprint density at radius 3 is 2.59 bits per heavy atom. The molecule has 17 heavy (non-hydrogen) atoms. The lowest BCUT2D eigenvalue weighted by Gasteiger charge is -2.22. The van der Waals surface area contributed by atoms with Gasteiger partial charge < -0.3 is 9.47 Å². The molecule has 0 saturated carbocycles. The van der Waals surface area contributed by atoms with Crippen LogP contribution in [0.4, 0.5) is 8.78 Å². The van der Waals surface area contributed by atoms with Crippen LogP contribution in [0.3, 0.4) is 0 Å². The van der Waals surface area contributed by atoms with Crippen LogP contribution in [0, 0.1) is 0 Å². The van der Waals surface area contributed by atoms with Crippen molar-refractivity contribution in [3.8, 4) is 0 Å². The molecule has 4 heteroatoms. The van der Waals surface area contributed by atoms with Gasteiger partial charge in [-0.3, -0.25) is 0 Å². The fraction of sp³-hybridized carbons (Fsp3) is 0.538. The van der Waals surface area contributed by atoms with Crippen LogP contribution in [0.15, 0.2) is 24.3 Å². The zero-order valence-electron chi connectivity index (χ0n) is 9.57. The summed E-state index contributed by atoms with van der Waals surface area (Å²) in [6.07, 6.45) is 0.567. The van der Waals surface area contributed by atoms with Crippen molar-refractivity contribution in [3.63, 3.8) is 0 Å². The van der Waals surface area contributed by atoms with Crippen molar-refractivity contribution >= 4 is 0 Å². The summed E-state index contributed by atoms with van der Waals surface area (Å²) in [6, 6.07) is 6.21. The molecule has 1 aromatic carbocycles. The first-order valence-electron chi connectivity index (χ1n) is 5.86. The largest absolute Gasteiger partial charge is 0.353 e. The Morgan fingerprint density at radius 2 is 2.00 bits per heavy atom. The second-order valence-electron chi connectivity index (χ2n) is 4.15. The van der Waals surface area contributed by atoms with Crippen LogP contribution in [0.5, 0.6) is 0 Å². The Kier molecular flexibility index (Phi) is 4.45. The van der Waals surface area contributed by atoms with E-state index in [0.29, 0.717) is 6.61 Å². The van der Waals surface area contributed by atoms with E-state index >= 15 is 0 Å². The zero-order chi connectivity index (χ0) is 12.1. The molecule has 1 aromatic rings. The fourth-order valence-corrected chi connectivity index (χ4v) is 1.79. The summed E-state index contributed by atoms with van der Waals surface area (Å²) in [5, 5.41) is 0. The van der Waals surface area contributed by atoms with Gasteiger partial charge >= 0.3 is 0 Å². The molecule has 0 aromatic heterocycles. The van der Waals surface area contributed by atoms with Gasteiger partial charge in [0.1, 0.15) is 0 Å². The maximum Gasteiger partial charge on any atom is 0.263 e. The van der Waals surface area contributed by atoms with Crippen LogP contribution in [0.2, 0.25) is 0 Å². The molecule has 1 atom stereocenters. The van der Waals surface area contributed by atoms with Crippen LogP contribution in [0.25, 0.3) is 0 Å². The highest BCUT2D eigenvalue weighted by atomic mass is 19.3. The summed E-state index contributed by atoms with van der Waals surface area (Å²) in [6.45, 7) is 1.16. The third-order valence-electron chi connectivity index (χ3n) is 2.81. The molecule has 1 aliphatic heterocycles. The van der Waals surface area contributed by atoms with Gasteiger partial charge in [-0.2, -0.15) is 0 Å². The predicted molar refractivity (Wildman–Crippen MR) is 59.8 cm³/mol. The van der Waals surface area contributed by atoms with E-state index in [1.54, 1.807) is 12.1 Å². The molecule has 1 fully saturated rings. The average Bonchev–Trinajstić information content (AvgIpc) is 2.38. The first kappa shape index (κ1) is 12.5. The van der Waals surface area contributed by atoms with Crippen molar-refractivity contribution < 1.29 is 18.3 Å². The monoisotopic (exact) mass is 242 g/mol. The van der Waals surface area contributed by atoms with Gasteiger partial charge in [-0.15, -0.1) is 0 Å². The molecule has 94 valence electrons. The lowest BCUT2D eigenvalue weighted by atomic mass is 10.1. The standard InChI is InChI=1S/C13H16F2O2/c14-13(15)11-6-4-10(5-7-11)9-17-12-3-1-2-8-16-12/h4-7,12-13H,1-3,8-9H2. The lowest BCUT2D eigenvalue weighted by molar-refractivity contribution is -0.168. The Balaban J connectivity index is 1.82. The summed E-state index contributed by atoms with van der Waals surface area (Å²) >= 11 is 0. The molecule has 1 saturated heterocycles. The van der Waals surface area contributed by atoms with Crippen LogP contribution in [-0.2, 0) is 16.1 Å². The van der Waals surface area contributed by atoms with E-state index in [4.69, 9.17) is 9.47 Å². The average molecular weight is 242 g/mol. The molecule has 0 spiro atoms. The molecule has 1 unspecified atom stereocenters. The predicted octanol–water partition coefficient (Wildman–Crippen LogP) is 3.67. The van der Waals surface area contributed by atoms with E-state index in [1.807, 2.05) is 0 Å². The number of alkyl halides is 2. The van der Waals surface area contributed by atoms with Gasteiger partial charge in [0, 0.05) is 12.2 Å². The minimum atomic E-state index is -2.41. The first-order chi connectivity index (χ1) is 8.25. The van der Waals surface area contributed by atoms with E-state index < -0.39 is 6.43 Å². The molecule has 2 nitrogen and oxygen atoms in total. The van der Waals surface area contributed by atoms with Crippen molar-refractivity contribution in [2.24, 2.45) is 0 Å². The first-order valence-corrected chi connectivity index (χ1v) is 5.86. The molecule has 0 radical (unpaired) electrons. The maximum atomic E-state index is 12.3. The van der Waals surface area contributed by atoms with E-state index in [2.05, 4.69) is 0 Å². The molecular weight excluding hydrogens is 226 g/mol. The SMILES string of the molecule is FC(F)c1ccc(COC2CCCCO2)cc1. The summed E-state index contributed by atoms with van der Waals surface area (Å²) in [5.74, 6) is 0. The number of ether oxygens (including phenoxy) is 2. The number of hydrogen-bond acceptors (Lipinski definition) is 2. The molecule has 0 amide bonds. The van der Waals surface area contributed by atoms with Crippen LogP contribution >= 0.6 is 0 Å². The molecule has 0 bridgehead atoms. The molecule has 1 aliphatic rings. The van der Waals surface area contributed by atoms with Crippen molar-refractivity contribution in [2.45, 2.75) is 38.6 Å². The molecule has 1 heterocycles. The Labute approximate surface area is 99.5 Å². The van der Waals surface area contributed by atoms with E-state index in [0.717, 1.165) is 31.4 Å². The number of hydrogen-bond donors (Lipinski definition) is 0. The Bertz CT molecular complexity index is 332. The van der Waals surface area contributed by atoms with Crippen LogP contribution in [-0.4, -0.2) is 12.9 Å². The number of benzene rings is 1. The summed E-state index contributed by atoms with van der Waals surface area (Å²) in [5.41, 5.74) is 0.936. The second-order valence-corrected chi connectivity index (χ2v) is 4.15. The van der Waals surface area contributed by atoms with Crippen molar-refractivity contribution in [1.29, 1.82) is 0 Å². The summed E-state index contributed by atoms with van der Waals surface area (Å²) < 4.78 is 35.6. The normalized spacial score (nSPS) is 20.8. The van der Waals surface area contributed by atoms with Gasteiger partial charge in [-0.05, 0) is 24.8 Å². The third-order valence-corrected chi connectivity index (χ3v) is 2.81. The van der Waals surface area contributed by atoms with E-state index in [-0.39, 0.29) is 11.9 Å². The van der Waals surface area contributed by atoms with Gasteiger partial charge in [0.15, 0.2) is 6.29 Å². The van der Waals surface area contributed by atoms with Crippen molar-refractivity contribution in [3.05, 3.63) is 35.4 Å². The highest BCUT2D eigenvalue weighted by molar-refractivity contribution is 5.22. The summed E-state index contributed by atoms with van der Waals surface area (Å²) in [4.78, 5) is 0. The molecular formula is C13H16F2O2. The third kappa shape index (κ3) is 3.75. The van der Waals surface area contributed by atoms with Crippen molar-refractivity contribution in [2.75, 3.05) is 6.61 Å². The van der Waals surface area contributed by atoms with Gasteiger partial charge in [0.2, 0.25) is 0 Å². The van der Waals surface area contributed by atoms with Gasteiger partial charge in [-0.25, -0.2) is 8.78 Å². The number of halogens is 2. The van der Waals surface area contributed by atoms with Crippen LogP contribution in [0.1, 0.15) is 36.8 Å². The minimum absolute atomic E-state index is 0.0441. The van der Waals surface area contributed by atoms with Crippen LogP contribution < -0.4 is 0 Å². The molecule has 2 rings (SSSR count). The second kappa shape index (κ2) is 6.07. The van der Waals surface area contributed by atoms with E-state index in [1.165, 1.54) is 12.1 Å². The smallest absolute Gasteiger partial charge is 0.263 e. The van der Waals surface area contributed by atoms with Gasteiger partial charge in [-0.1, -0.05) is 24.3 Å². The minimum Gasteiger partial charge on any atom is -0.353 e. The number of rotatable bonds is 4. The highest BCUT2D eigenvalue weighted by Crippen LogP contribution is 2.20. The maximum absolute atomic E-state index is 12.3. The topological polar surface area (TPSA) is 18.5 Å². The highest BCUT2D eigenvalue weighted by Gasteiger charge is 2.14. The lowest BCUT2D eigenvalue weighted by Crippen LogP contribution is -2.21. The molecule has 0 N–H and O–H groups in total. The Hall–Kier alpha value is -1.00. The fourth-order valence-electron chi connectivity index (χ4n) is 1.79. The zero-order valence-corrected chi connectivity index (χ0v) is 9.57. The van der Waals surface area contributed by atoms with Crippen molar-refractivity contribution in [1.82, 2.24) is 0 Å². The van der Waals surface area contributed by atoms with E-state index in [9.17, 15) is 8.78 Å². The van der Waals surface area contributed by atoms with Gasteiger partial charge in [0.25, 0.3) is 6.43 Å².